The van der Waals surface area contributed by atoms with Gasteiger partial charge in [-0.15, -0.1) is 22.7 Å². The lowest BCUT2D eigenvalue weighted by molar-refractivity contribution is 0.335. The Morgan fingerprint density at radius 1 is 1.28 bits per heavy atom. The van der Waals surface area contributed by atoms with E-state index in [-0.39, 0.29) is 0 Å². The van der Waals surface area contributed by atoms with Crippen molar-refractivity contribution in [2.24, 2.45) is 5.41 Å². The molecule has 0 aliphatic rings. The van der Waals surface area contributed by atoms with Crippen molar-refractivity contribution >= 4 is 32.1 Å². The fourth-order valence-corrected chi connectivity index (χ4v) is 4.35. The summed E-state index contributed by atoms with van der Waals surface area (Å²) in [6.07, 6.45) is 2.49. The molecule has 0 spiro atoms. The highest BCUT2D eigenvalue weighted by Crippen LogP contribution is 2.36. The summed E-state index contributed by atoms with van der Waals surface area (Å²) >= 11 is 3.80. The first-order chi connectivity index (χ1) is 8.49. The summed E-state index contributed by atoms with van der Waals surface area (Å²) in [5.74, 6) is 0. The van der Waals surface area contributed by atoms with E-state index in [9.17, 15) is 0 Å². The number of fused-ring (bicyclic) bond motifs is 1. The molecule has 3 heteroatoms. The normalized spacial score (nSPS) is 14.2. The maximum absolute atomic E-state index is 3.64. The van der Waals surface area contributed by atoms with Gasteiger partial charge >= 0.3 is 0 Å². The van der Waals surface area contributed by atoms with Crippen LogP contribution in [0.5, 0.6) is 0 Å². The molecular formula is C15H23NS2. The highest BCUT2D eigenvalue weighted by Gasteiger charge is 2.18. The Bertz CT molecular complexity index is 461. The van der Waals surface area contributed by atoms with Gasteiger partial charge in [0.15, 0.2) is 0 Å². The summed E-state index contributed by atoms with van der Waals surface area (Å²) in [5.41, 5.74) is 0.419. The highest BCUT2D eigenvalue weighted by atomic mass is 32.1. The second kappa shape index (κ2) is 5.72. The third-order valence-corrected chi connectivity index (χ3v) is 5.34. The van der Waals surface area contributed by atoms with Gasteiger partial charge in [-0.1, -0.05) is 27.7 Å². The van der Waals surface area contributed by atoms with Gasteiger partial charge in [-0.05, 0) is 42.3 Å². The van der Waals surface area contributed by atoms with E-state index in [0.29, 0.717) is 11.5 Å². The molecule has 2 rings (SSSR count). The molecule has 2 aromatic rings. The largest absolute Gasteiger partial charge is 0.310 e. The SMILES string of the molecule is CCNC(CCC(C)(C)C)c1cc2sccc2s1. The molecule has 0 aromatic carbocycles. The maximum atomic E-state index is 3.64. The lowest BCUT2D eigenvalue weighted by atomic mass is 9.88. The summed E-state index contributed by atoms with van der Waals surface area (Å²) in [5, 5.41) is 5.82. The molecule has 0 aliphatic carbocycles. The van der Waals surface area contributed by atoms with Gasteiger partial charge in [0.05, 0.1) is 0 Å². The first kappa shape index (κ1) is 14.0. The fraction of sp³-hybridized carbons (Fsp3) is 0.600. The van der Waals surface area contributed by atoms with Crippen LogP contribution in [-0.2, 0) is 0 Å². The Morgan fingerprint density at radius 2 is 2.06 bits per heavy atom. The average molecular weight is 281 g/mol. The van der Waals surface area contributed by atoms with Gasteiger partial charge in [-0.3, -0.25) is 0 Å². The van der Waals surface area contributed by atoms with Crippen LogP contribution >= 0.6 is 22.7 Å². The summed E-state index contributed by atoms with van der Waals surface area (Å²) in [6, 6.07) is 5.14. The van der Waals surface area contributed by atoms with Crippen molar-refractivity contribution in [2.45, 2.75) is 46.6 Å². The zero-order valence-corrected chi connectivity index (χ0v) is 13.4. The van der Waals surface area contributed by atoms with Crippen LogP contribution in [-0.4, -0.2) is 6.54 Å². The molecule has 2 heterocycles. The van der Waals surface area contributed by atoms with Gasteiger partial charge in [0, 0.05) is 20.3 Å². The van der Waals surface area contributed by atoms with Crippen molar-refractivity contribution in [2.75, 3.05) is 6.54 Å². The molecule has 100 valence electrons. The van der Waals surface area contributed by atoms with Gasteiger partial charge in [0.1, 0.15) is 0 Å². The molecule has 0 fully saturated rings. The lowest BCUT2D eigenvalue weighted by Gasteiger charge is -2.23. The van der Waals surface area contributed by atoms with E-state index in [4.69, 9.17) is 0 Å². The molecule has 0 radical (unpaired) electrons. The van der Waals surface area contributed by atoms with E-state index >= 15 is 0 Å². The zero-order chi connectivity index (χ0) is 13.2. The molecule has 0 aliphatic heterocycles. The Labute approximate surface area is 118 Å². The molecule has 0 amide bonds. The van der Waals surface area contributed by atoms with Gasteiger partial charge in [-0.2, -0.15) is 0 Å². The minimum atomic E-state index is 0.419. The van der Waals surface area contributed by atoms with E-state index in [1.165, 1.54) is 27.1 Å². The van der Waals surface area contributed by atoms with Crippen LogP contribution in [0.2, 0.25) is 0 Å². The maximum Gasteiger partial charge on any atom is 0.0454 e. The average Bonchev–Trinajstić information content (AvgIpc) is 2.82. The zero-order valence-electron chi connectivity index (χ0n) is 11.7. The van der Waals surface area contributed by atoms with Crippen LogP contribution < -0.4 is 5.32 Å². The van der Waals surface area contributed by atoms with Crippen molar-refractivity contribution < 1.29 is 0 Å². The van der Waals surface area contributed by atoms with Crippen molar-refractivity contribution in [1.82, 2.24) is 5.32 Å². The van der Waals surface area contributed by atoms with Crippen molar-refractivity contribution in [3.63, 3.8) is 0 Å². The van der Waals surface area contributed by atoms with E-state index in [1.807, 2.05) is 22.7 Å². The first-order valence-corrected chi connectivity index (χ1v) is 8.39. The van der Waals surface area contributed by atoms with Gasteiger partial charge in [-0.25, -0.2) is 0 Å². The van der Waals surface area contributed by atoms with Crippen molar-refractivity contribution in [3.8, 4) is 0 Å². The Kier molecular flexibility index (Phi) is 4.46. The summed E-state index contributed by atoms with van der Waals surface area (Å²) in [6.45, 7) is 10.2. The van der Waals surface area contributed by atoms with E-state index in [2.05, 4.69) is 50.5 Å². The second-order valence-electron chi connectivity index (χ2n) is 6.01. The Balaban J connectivity index is 2.11. The Hall–Kier alpha value is -0.380. The number of hydrogen-bond donors (Lipinski definition) is 1. The van der Waals surface area contributed by atoms with Crippen molar-refractivity contribution in [3.05, 3.63) is 22.4 Å². The highest BCUT2D eigenvalue weighted by molar-refractivity contribution is 7.26. The third kappa shape index (κ3) is 3.56. The molecular weight excluding hydrogens is 258 g/mol. The van der Waals surface area contributed by atoms with Gasteiger partial charge in [0.25, 0.3) is 0 Å². The molecule has 1 nitrogen and oxygen atoms in total. The summed E-state index contributed by atoms with van der Waals surface area (Å²) in [4.78, 5) is 1.50. The molecule has 1 unspecified atom stereocenters. The predicted octanol–water partition coefficient (Wildman–Crippen LogP) is 5.44. The van der Waals surface area contributed by atoms with Crippen LogP contribution in [0, 0.1) is 5.41 Å². The molecule has 2 aromatic heterocycles. The smallest absolute Gasteiger partial charge is 0.0454 e. The molecule has 0 bridgehead atoms. The molecule has 0 saturated heterocycles. The number of thiophene rings is 2. The lowest BCUT2D eigenvalue weighted by Crippen LogP contribution is -2.21. The van der Waals surface area contributed by atoms with Crippen LogP contribution in [0.3, 0.4) is 0 Å². The minimum absolute atomic E-state index is 0.419. The van der Waals surface area contributed by atoms with E-state index < -0.39 is 0 Å². The summed E-state index contributed by atoms with van der Waals surface area (Å²) in [7, 11) is 0. The second-order valence-corrected chi connectivity index (χ2v) is 8.07. The third-order valence-electron chi connectivity index (χ3n) is 3.14. The molecule has 1 N–H and O–H groups in total. The predicted molar refractivity (Wildman–Crippen MR) is 84.8 cm³/mol. The molecule has 0 saturated carbocycles. The van der Waals surface area contributed by atoms with E-state index in [1.54, 1.807) is 0 Å². The number of rotatable bonds is 5. The van der Waals surface area contributed by atoms with Gasteiger partial charge in [0.2, 0.25) is 0 Å². The number of hydrogen-bond acceptors (Lipinski definition) is 3. The van der Waals surface area contributed by atoms with Crippen LogP contribution in [0.1, 0.15) is 51.5 Å². The first-order valence-electron chi connectivity index (χ1n) is 6.70. The summed E-state index contributed by atoms with van der Waals surface area (Å²) < 4.78 is 2.88. The standard InChI is InChI=1S/C15H23NS2/c1-5-16-11(6-8-15(2,3)4)13-10-14-12(18-13)7-9-17-14/h7,9-11,16H,5-6,8H2,1-4H3. The molecule has 1 atom stereocenters. The minimum Gasteiger partial charge on any atom is -0.310 e. The monoisotopic (exact) mass is 281 g/mol. The quantitative estimate of drug-likeness (QED) is 0.769. The Morgan fingerprint density at radius 3 is 2.67 bits per heavy atom. The number of nitrogens with one attached hydrogen (secondary N) is 1. The van der Waals surface area contributed by atoms with Crippen LogP contribution in [0.4, 0.5) is 0 Å². The van der Waals surface area contributed by atoms with Crippen LogP contribution in [0.15, 0.2) is 17.5 Å². The van der Waals surface area contributed by atoms with E-state index in [0.717, 1.165) is 6.54 Å². The molecule has 18 heavy (non-hydrogen) atoms. The topological polar surface area (TPSA) is 12.0 Å². The van der Waals surface area contributed by atoms with Crippen LogP contribution in [0.25, 0.3) is 9.40 Å². The van der Waals surface area contributed by atoms with Crippen molar-refractivity contribution in [1.29, 1.82) is 0 Å². The fourth-order valence-electron chi connectivity index (χ4n) is 2.12. The van der Waals surface area contributed by atoms with Gasteiger partial charge < -0.3 is 5.32 Å².